The number of nitrogens with one attached hydrogen (secondary N) is 1. The molecular weight excluding hydrogens is 218 g/mol. The predicted molar refractivity (Wildman–Crippen MR) is 66.8 cm³/mol. The lowest BCUT2D eigenvalue weighted by atomic mass is 9.83. The number of amides is 1. The van der Waals surface area contributed by atoms with Crippen LogP contribution in [0.3, 0.4) is 0 Å². The average molecular weight is 243 g/mol. The summed E-state index contributed by atoms with van der Waals surface area (Å²) in [6.45, 7) is 6.58. The number of alkyl carbamates (subject to hydrolysis) is 1. The minimum atomic E-state index is -0.332. The number of aliphatic hydroxyl groups excluding tert-OH is 1. The number of aliphatic hydroxyl groups is 1. The van der Waals surface area contributed by atoms with Crippen LogP contribution < -0.4 is 5.32 Å². The van der Waals surface area contributed by atoms with Crippen molar-refractivity contribution in [1.82, 2.24) is 5.32 Å². The van der Waals surface area contributed by atoms with Gasteiger partial charge in [-0.2, -0.15) is 0 Å². The van der Waals surface area contributed by atoms with Crippen molar-refractivity contribution in [2.45, 2.75) is 52.0 Å². The number of ether oxygens (including phenoxy) is 1. The van der Waals surface area contributed by atoms with Gasteiger partial charge in [-0.05, 0) is 58.3 Å². The highest BCUT2D eigenvalue weighted by atomic mass is 16.5. The van der Waals surface area contributed by atoms with Crippen LogP contribution in [0.2, 0.25) is 0 Å². The van der Waals surface area contributed by atoms with Crippen molar-refractivity contribution >= 4 is 6.09 Å². The van der Waals surface area contributed by atoms with E-state index in [1.807, 2.05) is 20.8 Å². The third-order valence-electron chi connectivity index (χ3n) is 3.15. The van der Waals surface area contributed by atoms with Crippen LogP contribution in [0.15, 0.2) is 0 Å². The van der Waals surface area contributed by atoms with Gasteiger partial charge < -0.3 is 15.2 Å². The molecule has 17 heavy (non-hydrogen) atoms. The van der Waals surface area contributed by atoms with Gasteiger partial charge in [-0.15, -0.1) is 0 Å². The molecule has 1 saturated carbocycles. The van der Waals surface area contributed by atoms with E-state index >= 15 is 0 Å². The van der Waals surface area contributed by atoms with Crippen molar-refractivity contribution in [2.75, 3.05) is 13.2 Å². The van der Waals surface area contributed by atoms with Gasteiger partial charge in [0, 0.05) is 12.1 Å². The maximum Gasteiger partial charge on any atom is 0.407 e. The number of rotatable bonds is 3. The van der Waals surface area contributed by atoms with Gasteiger partial charge in [-0.25, -0.2) is 4.79 Å². The summed E-state index contributed by atoms with van der Waals surface area (Å²) >= 11 is 0. The second-order valence-corrected chi connectivity index (χ2v) is 6.04. The Morgan fingerprint density at radius 1 is 1.24 bits per heavy atom. The Kier molecular flexibility index (Phi) is 5.25. The van der Waals surface area contributed by atoms with Crippen LogP contribution in [0.5, 0.6) is 0 Å². The highest BCUT2D eigenvalue weighted by Gasteiger charge is 2.22. The summed E-state index contributed by atoms with van der Waals surface area (Å²) < 4.78 is 5.21. The van der Waals surface area contributed by atoms with Crippen LogP contribution in [0, 0.1) is 11.8 Å². The average Bonchev–Trinajstić information content (AvgIpc) is 2.25. The topological polar surface area (TPSA) is 58.6 Å². The van der Waals surface area contributed by atoms with Crippen LogP contribution in [0.1, 0.15) is 46.5 Å². The number of hydrogen-bond donors (Lipinski definition) is 2. The summed E-state index contributed by atoms with van der Waals surface area (Å²) in [7, 11) is 0. The molecule has 0 spiro atoms. The Morgan fingerprint density at radius 2 is 1.76 bits per heavy atom. The Morgan fingerprint density at radius 3 is 2.24 bits per heavy atom. The molecule has 0 heterocycles. The third kappa shape index (κ3) is 5.91. The fourth-order valence-corrected chi connectivity index (χ4v) is 2.12. The van der Waals surface area contributed by atoms with Crippen LogP contribution in [-0.2, 0) is 4.74 Å². The molecule has 1 amide bonds. The first-order valence-electron chi connectivity index (χ1n) is 6.46. The van der Waals surface area contributed by atoms with Gasteiger partial charge in [0.25, 0.3) is 0 Å². The van der Waals surface area contributed by atoms with E-state index in [0.717, 1.165) is 25.7 Å². The van der Waals surface area contributed by atoms with E-state index in [1.54, 1.807) is 0 Å². The van der Waals surface area contributed by atoms with Crippen molar-refractivity contribution in [1.29, 1.82) is 0 Å². The molecule has 4 nitrogen and oxygen atoms in total. The maximum absolute atomic E-state index is 11.4. The second kappa shape index (κ2) is 6.24. The molecule has 0 aromatic carbocycles. The molecule has 100 valence electrons. The molecule has 2 N–H and O–H groups in total. The van der Waals surface area contributed by atoms with Crippen LogP contribution in [0.4, 0.5) is 4.79 Å². The molecule has 0 atom stereocenters. The van der Waals surface area contributed by atoms with Crippen molar-refractivity contribution in [3.63, 3.8) is 0 Å². The molecule has 0 unspecified atom stereocenters. The molecule has 0 aliphatic heterocycles. The zero-order valence-electron chi connectivity index (χ0n) is 11.2. The van der Waals surface area contributed by atoms with E-state index < -0.39 is 0 Å². The lowest BCUT2D eigenvalue weighted by Gasteiger charge is -2.27. The third-order valence-corrected chi connectivity index (χ3v) is 3.15. The molecule has 0 bridgehead atoms. The van der Waals surface area contributed by atoms with Crippen LogP contribution in [0.25, 0.3) is 0 Å². The molecule has 1 aliphatic carbocycles. The first-order chi connectivity index (χ1) is 7.90. The van der Waals surface area contributed by atoms with Crippen molar-refractivity contribution in [3.8, 4) is 0 Å². The van der Waals surface area contributed by atoms with Gasteiger partial charge in [-0.3, -0.25) is 0 Å². The zero-order valence-corrected chi connectivity index (χ0v) is 11.2. The molecular formula is C13H25NO3. The summed E-state index contributed by atoms with van der Waals surface area (Å²) in [6.07, 6.45) is 3.86. The van der Waals surface area contributed by atoms with Crippen molar-refractivity contribution < 1.29 is 14.6 Å². The van der Waals surface area contributed by atoms with E-state index in [-0.39, 0.29) is 18.2 Å². The van der Waals surface area contributed by atoms with Crippen LogP contribution >= 0.6 is 0 Å². The van der Waals surface area contributed by atoms with Gasteiger partial charge in [0.15, 0.2) is 0 Å². The fraction of sp³-hybridized carbons (Fsp3) is 0.923. The summed E-state index contributed by atoms with van der Waals surface area (Å²) in [5.74, 6) is 0.915. The minimum absolute atomic E-state index is 0.244. The molecule has 1 aliphatic rings. The largest absolute Gasteiger partial charge is 0.449 e. The Bertz CT molecular complexity index is 240. The lowest BCUT2D eigenvalue weighted by molar-refractivity contribution is 0.0937. The molecule has 0 saturated heterocycles. The monoisotopic (exact) mass is 243 g/mol. The smallest absolute Gasteiger partial charge is 0.407 e. The van der Waals surface area contributed by atoms with E-state index in [2.05, 4.69) is 5.32 Å². The fourth-order valence-electron chi connectivity index (χ4n) is 2.12. The highest BCUT2D eigenvalue weighted by molar-refractivity contribution is 5.68. The summed E-state index contributed by atoms with van der Waals surface area (Å²) in [4.78, 5) is 11.4. The van der Waals surface area contributed by atoms with Crippen LogP contribution in [-0.4, -0.2) is 30.0 Å². The first kappa shape index (κ1) is 14.3. The highest BCUT2D eigenvalue weighted by Crippen LogP contribution is 2.28. The Hall–Kier alpha value is -0.770. The van der Waals surface area contributed by atoms with Crippen molar-refractivity contribution in [3.05, 3.63) is 0 Å². The predicted octanol–water partition coefficient (Wildman–Crippen LogP) is 2.31. The van der Waals surface area contributed by atoms with E-state index in [0.29, 0.717) is 18.4 Å². The number of carbonyl (C=O) groups excluding carboxylic acids is 1. The normalized spacial score (nSPS) is 25.4. The molecule has 1 rings (SSSR count). The Labute approximate surface area is 104 Å². The number of carbonyl (C=O) groups is 1. The summed E-state index contributed by atoms with van der Waals surface area (Å²) in [6, 6.07) is 0. The quantitative estimate of drug-likeness (QED) is 0.799. The van der Waals surface area contributed by atoms with E-state index in [4.69, 9.17) is 9.84 Å². The van der Waals surface area contributed by atoms with Gasteiger partial charge >= 0.3 is 6.09 Å². The molecule has 1 fully saturated rings. The van der Waals surface area contributed by atoms with Gasteiger partial charge in [-0.1, -0.05) is 0 Å². The summed E-state index contributed by atoms with van der Waals surface area (Å²) in [5, 5.41) is 11.8. The Balaban J connectivity index is 2.17. The van der Waals surface area contributed by atoms with Gasteiger partial charge in [0.1, 0.15) is 0 Å². The molecule has 0 radical (unpaired) electrons. The number of hydrogen-bond acceptors (Lipinski definition) is 3. The minimum Gasteiger partial charge on any atom is -0.449 e. The zero-order chi connectivity index (χ0) is 12.9. The van der Waals surface area contributed by atoms with E-state index in [1.165, 1.54) is 0 Å². The summed E-state index contributed by atoms with van der Waals surface area (Å²) in [5.41, 5.74) is -0.244. The molecule has 4 heteroatoms. The maximum atomic E-state index is 11.4. The lowest BCUT2D eigenvalue weighted by Crippen LogP contribution is -2.41. The SMILES string of the molecule is CC(C)(C)NC(=O)OCC1CCC(CO)CC1. The van der Waals surface area contributed by atoms with E-state index in [9.17, 15) is 4.79 Å². The van der Waals surface area contributed by atoms with Gasteiger partial charge in [0.2, 0.25) is 0 Å². The standard InChI is InChI=1S/C13H25NO3/c1-13(2,3)14-12(16)17-9-11-6-4-10(8-15)5-7-11/h10-11,15H,4-9H2,1-3H3,(H,14,16). The van der Waals surface area contributed by atoms with Gasteiger partial charge in [0.05, 0.1) is 6.61 Å². The molecule has 0 aromatic heterocycles. The van der Waals surface area contributed by atoms with Crippen molar-refractivity contribution in [2.24, 2.45) is 11.8 Å². The second-order valence-electron chi connectivity index (χ2n) is 6.04. The molecule has 0 aromatic rings. The first-order valence-corrected chi connectivity index (χ1v) is 6.46.